The lowest BCUT2D eigenvalue weighted by molar-refractivity contribution is 0.0447. The Morgan fingerprint density at radius 1 is 1.56 bits per heavy atom. The molecule has 5 heteroatoms. The van der Waals surface area contributed by atoms with Crippen molar-refractivity contribution >= 4 is 11.7 Å². The van der Waals surface area contributed by atoms with Crippen LogP contribution in [0.25, 0.3) is 0 Å². The van der Waals surface area contributed by atoms with Crippen molar-refractivity contribution in [1.82, 2.24) is 4.98 Å². The molecular weight excluding hydrogens is 228 g/mol. The van der Waals surface area contributed by atoms with Gasteiger partial charge in [0.15, 0.2) is 0 Å². The molecule has 0 aromatic carbocycles. The molecule has 1 unspecified atom stereocenters. The minimum atomic E-state index is -0.667. The summed E-state index contributed by atoms with van der Waals surface area (Å²) >= 11 is 0. The Kier molecular flexibility index (Phi) is 3.26. The van der Waals surface area contributed by atoms with Crippen LogP contribution < -0.4 is 10.6 Å². The molecule has 1 aliphatic heterocycles. The normalized spacial score (nSPS) is 24.1. The van der Waals surface area contributed by atoms with Gasteiger partial charge in [-0.3, -0.25) is 5.41 Å². The molecule has 1 aromatic rings. The van der Waals surface area contributed by atoms with Crippen LogP contribution >= 0.6 is 0 Å². The molecule has 0 amide bonds. The minimum absolute atomic E-state index is 0.0468. The van der Waals surface area contributed by atoms with Crippen molar-refractivity contribution in [1.29, 1.82) is 5.41 Å². The number of aromatic nitrogens is 1. The largest absolute Gasteiger partial charge is 0.388 e. The Morgan fingerprint density at radius 3 is 2.89 bits per heavy atom. The van der Waals surface area contributed by atoms with Crippen molar-refractivity contribution in [3.8, 4) is 0 Å². The first-order valence-corrected chi connectivity index (χ1v) is 6.18. The van der Waals surface area contributed by atoms with Gasteiger partial charge in [-0.2, -0.15) is 0 Å². The predicted molar refractivity (Wildman–Crippen MR) is 72.1 cm³/mol. The number of hydrogen-bond donors (Lipinski definition) is 3. The summed E-state index contributed by atoms with van der Waals surface area (Å²) in [5.41, 5.74) is 6.37. The van der Waals surface area contributed by atoms with Crippen LogP contribution in [0.2, 0.25) is 0 Å². The number of anilines is 1. The van der Waals surface area contributed by atoms with Gasteiger partial charge in [0.1, 0.15) is 11.7 Å². The van der Waals surface area contributed by atoms with E-state index in [0.29, 0.717) is 12.1 Å². The van der Waals surface area contributed by atoms with Gasteiger partial charge in [0, 0.05) is 24.3 Å². The molecule has 0 bridgehead atoms. The molecule has 0 aliphatic carbocycles. The van der Waals surface area contributed by atoms with E-state index in [-0.39, 0.29) is 5.84 Å². The highest BCUT2D eigenvalue weighted by Gasteiger charge is 2.29. The molecule has 98 valence electrons. The molecule has 2 rings (SSSR count). The first kappa shape index (κ1) is 12.8. The van der Waals surface area contributed by atoms with E-state index in [4.69, 9.17) is 11.1 Å². The van der Waals surface area contributed by atoms with Crippen molar-refractivity contribution in [3.05, 3.63) is 23.4 Å². The van der Waals surface area contributed by atoms with Crippen LogP contribution in [0, 0.1) is 12.3 Å². The van der Waals surface area contributed by atoms with E-state index >= 15 is 0 Å². The van der Waals surface area contributed by atoms with Crippen molar-refractivity contribution < 1.29 is 5.11 Å². The molecule has 4 N–H and O–H groups in total. The maximum Gasteiger partial charge on any atom is 0.129 e. The van der Waals surface area contributed by atoms with Crippen molar-refractivity contribution in [2.75, 3.05) is 18.0 Å². The summed E-state index contributed by atoms with van der Waals surface area (Å²) in [4.78, 5) is 6.53. The van der Waals surface area contributed by atoms with Gasteiger partial charge in [-0.15, -0.1) is 0 Å². The molecular formula is C13H20N4O. The molecule has 2 heterocycles. The number of hydrogen-bond acceptors (Lipinski definition) is 4. The SMILES string of the molecule is Cc1cc(C(=N)N)cc(N2CCCC(C)(O)C2)n1. The Bertz CT molecular complexity index is 470. The summed E-state index contributed by atoms with van der Waals surface area (Å²) in [6, 6.07) is 3.62. The third-order valence-corrected chi connectivity index (χ3v) is 3.25. The zero-order valence-electron chi connectivity index (χ0n) is 10.9. The number of nitrogens with one attached hydrogen (secondary N) is 1. The van der Waals surface area contributed by atoms with Crippen LogP contribution in [0.5, 0.6) is 0 Å². The number of piperidine rings is 1. The van der Waals surface area contributed by atoms with Gasteiger partial charge in [0.25, 0.3) is 0 Å². The average Bonchev–Trinajstić information content (AvgIpc) is 2.26. The highest BCUT2D eigenvalue weighted by molar-refractivity contribution is 5.95. The van der Waals surface area contributed by atoms with Crippen LogP contribution in [0.3, 0.4) is 0 Å². The minimum Gasteiger partial charge on any atom is -0.388 e. The smallest absolute Gasteiger partial charge is 0.129 e. The summed E-state index contributed by atoms with van der Waals surface area (Å²) in [5.74, 6) is 0.839. The van der Waals surface area contributed by atoms with Gasteiger partial charge < -0.3 is 15.7 Å². The van der Waals surface area contributed by atoms with Crippen LogP contribution in [0.15, 0.2) is 12.1 Å². The number of nitrogens with zero attached hydrogens (tertiary/aromatic N) is 2. The lowest BCUT2D eigenvalue weighted by Gasteiger charge is -2.37. The van der Waals surface area contributed by atoms with Crippen LogP contribution in [-0.4, -0.2) is 34.6 Å². The molecule has 5 nitrogen and oxygen atoms in total. The highest BCUT2D eigenvalue weighted by atomic mass is 16.3. The van der Waals surface area contributed by atoms with E-state index in [0.717, 1.165) is 30.9 Å². The maximum atomic E-state index is 10.1. The van der Waals surface area contributed by atoms with Gasteiger partial charge in [0.05, 0.1) is 5.60 Å². The second kappa shape index (κ2) is 4.57. The summed E-state index contributed by atoms with van der Waals surface area (Å²) in [6.07, 6.45) is 1.76. The van der Waals surface area contributed by atoms with E-state index in [1.54, 1.807) is 6.07 Å². The fourth-order valence-corrected chi connectivity index (χ4v) is 2.38. The maximum absolute atomic E-state index is 10.1. The Hall–Kier alpha value is -1.62. The third-order valence-electron chi connectivity index (χ3n) is 3.25. The Balaban J connectivity index is 2.30. The number of nitrogens with two attached hydrogens (primary N) is 1. The summed E-state index contributed by atoms with van der Waals surface area (Å²) < 4.78 is 0. The van der Waals surface area contributed by atoms with E-state index in [9.17, 15) is 5.11 Å². The topological polar surface area (TPSA) is 86.2 Å². The van der Waals surface area contributed by atoms with Crippen LogP contribution in [0.4, 0.5) is 5.82 Å². The van der Waals surface area contributed by atoms with Gasteiger partial charge in [-0.05, 0) is 38.8 Å². The van der Waals surface area contributed by atoms with Gasteiger partial charge >= 0.3 is 0 Å². The number of pyridine rings is 1. The fraction of sp³-hybridized carbons (Fsp3) is 0.538. The summed E-state index contributed by atoms with van der Waals surface area (Å²) in [6.45, 7) is 5.18. The molecule has 0 radical (unpaired) electrons. The average molecular weight is 248 g/mol. The van der Waals surface area contributed by atoms with Crippen molar-refractivity contribution in [3.63, 3.8) is 0 Å². The number of rotatable bonds is 2. The van der Waals surface area contributed by atoms with E-state index in [1.807, 2.05) is 19.9 Å². The van der Waals surface area contributed by atoms with Gasteiger partial charge in [-0.1, -0.05) is 0 Å². The number of β-amino-alcohol motifs (C(OH)–C–C–N with tert-alkyl or cyclic N) is 1. The molecule has 1 fully saturated rings. The molecule has 1 atom stereocenters. The predicted octanol–water partition coefficient (Wildman–Crippen LogP) is 1.03. The number of nitrogen functional groups attached to an aromatic ring is 1. The molecule has 1 aliphatic rings. The fourth-order valence-electron chi connectivity index (χ4n) is 2.38. The summed E-state index contributed by atoms with van der Waals surface area (Å²) in [7, 11) is 0. The molecule has 1 saturated heterocycles. The lowest BCUT2D eigenvalue weighted by Crippen LogP contribution is -2.46. The highest BCUT2D eigenvalue weighted by Crippen LogP contribution is 2.25. The zero-order valence-corrected chi connectivity index (χ0v) is 10.9. The van der Waals surface area contributed by atoms with Crippen LogP contribution in [-0.2, 0) is 0 Å². The van der Waals surface area contributed by atoms with Gasteiger partial charge in [-0.25, -0.2) is 4.98 Å². The van der Waals surface area contributed by atoms with E-state index in [2.05, 4.69) is 9.88 Å². The number of aryl methyl sites for hydroxylation is 1. The lowest BCUT2D eigenvalue weighted by atomic mass is 9.95. The molecule has 18 heavy (non-hydrogen) atoms. The standard InChI is InChI=1S/C13H20N4O/c1-9-6-10(12(14)15)7-11(16-9)17-5-3-4-13(2,18)8-17/h6-7,18H,3-5,8H2,1-2H3,(H3,14,15). The first-order valence-electron chi connectivity index (χ1n) is 6.18. The summed E-state index contributed by atoms with van der Waals surface area (Å²) in [5, 5.41) is 17.6. The molecule has 0 saturated carbocycles. The third kappa shape index (κ3) is 2.79. The second-order valence-electron chi connectivity index (χ2n) is 5.29. The molecule has 0 spiro atoms. The number of amidine groups is 1. The monoisotopic (exact) mass is 248 g/mol. The zero-order chi connectivity index (χ0) is 13.3. The quantitative estimate of drug-likeness (QED) is 0.539. The second-order valence-corrected chi connectivity index (χ2v) is 5.29. The van der Waals surface area contributed by atoms with Gasteiger partial charge in [0.2, 0.25) is 0 Å². The van der Waals surface area contributed by atoms with E-state index < -0.39 is 5.60 Å². The Morgan fingerprint density at radius 2 is 2.28 bits per heavy atom. The van der Waals surface area contributed by atoms with Crippen molar-refractivity contribution in [2.45, 2.75) is 32.3 Å². The Labute approximate surface area is 107 Å². The number of aliphatic hydroxyl groups is 1. The first-order chi connectivity index (χ1) is 8.37. The molecule has 1 aromatic heterocycles. The van der Waals surface area contributed by atoms with E-state index in [1.165, 1.54) is 0 Å². The van der Waals surface area contributed by atoms with Crippen molar-refractivity contribution in [2.24, 2.45) is 5.73 Å². The van der Waals surface area contributed by atoms with Crippen LogP contribution in [0.1, 0.15) is 31.0 Å².